The van der Waals surface area contributed by atoms with E-state index in [2.05, 4.69) is 79.8 Å². The van der Waals surface area contributed by atoms with E-state index in [-0.39, 0.29) is 0 Å². The topological polar surface area (TPSA) is 12.0 Å². The van der Waals surface area contributed by atoms with Crippen molar-refractivity contribution in [2.24, 2.45) is 5.92 Å². The minimum atomic E-state index is 0.432. The van der Waals surface area contributed by atoms with E-state index in [0.717, 1.165) is 13.0 Å². The van der Waals surface area contributed by atoms with Crippen molar-refractivity contribution < 1.29 is 0 Å². The third-order valence-corrected chi connectivity index (χ3v) is 3.30. The lowest BCUT2D eigenvalue weighted by Crippen LogP contribution is -2.22. The van der Waals surface area contributed by atoms with E-state index in [4.69, 9.17) is 0 Å². The highest BCUT2D eigenvalue weighted by Gasteiger charge is 2.12. The molecule has 1 heteroatoms. The Morgan fingerprint density at radius 1 is 0.842 bits per heavy atom. The highest BCUT2D eigenvalue weighted by molar-refractivity contribution is 5.20. The first kappa shape index (κ1) is 13.8. The maximum Gasteiger partial charge on any atom is 0.0325 e. The summed E-state index contributed by atoms with van der Waals surface area (Å²) in [5.74, 6) is 0.688. The van der Waals surface area contributed by atoms with E-state index >= 15 is 0 Å². The molecule has 0 aromatic heterocycles. The standard InChI is InChI=1S/C18H23N/c1-15(2)13-18(17-11-7-4-8-12-17)19-14-16-9-5-3-6-10-16/h3-12,15,18-19H,13-14H2,1-2H3. The van der Waals surface area contributed by atoms with Gasteiger partial charge >= 0.3 is 0 Å². The van der Waals surface area contributed by atoms with E-state index in [9.17, 15) is 0 Å². The molecular weight excluding hydrogens is 230 g/mol. The first-order valence-electron chi connectivity index (χ1n) is 7.08. The highest BCUT2D eigenvalue weighted by Crippen LogP contribution is 2.21. The predicted octanol–water partition coefficient (Wildman–Crippen LogP) is 4.56. The monoisotopic (exact) mass is 253 g/mol. The Bertz CT molecular complexity index is 462. The van der Waals surface area contributed by atoms with Gasteiger partial charge in [0.2, 0.25) is 0 Å². The maximum atomic E-state index is 3.68. The summed E-state index contributed by atoms with van der Waals surface area (Å²) in [6.07, 6.45) is 1.16. The van der Waals surface area contributed by atoms with E-state index in [1.165, 1.54) is 11.1 Å². The number of hydrogen-bond acceptors (Lipinski definition) is 1. The first-order chi connectivity index (χ1) is 9.25. The summed E-state index contributed by atoms with van der Waals surface area (Å²) in [4.78, 5) is 0. The smallest absolute Gasteiger partial charge is 0.0325 e. The van der Waals surface area contributed by atoms with E-state index < -0.39 is 0 Å². The van der Waals surface area contributed by atoms with Gasteiger partial charge < -0.3 is 5.32 Å². The quantitative estimate of drug-likeness (QED) is 0.795. The molecule has 1 nitrogen and oxygen atoms in total. The average molecular weight is 253 g/mol. The molecule has 0 bridgehead atoms. The van der Waals surface area contributed by atoms with Crippen molar-refractivity contribution in [3.05, 3.63) is 71.8 Å². The van der Waals surface area contributed by atoms with E-state index in [1.54, 1.807) is 0 Å². The van der Waals surface area contributed by atoms with Gasteiger partial charge in [0.15, 0.2) is 0 Å². The number of nitrogens with one attached hydrogen (secondary N) is 1. The Balaban J connectivity index is 2.02. The lowest BCUT2D eigenvalue weighted by Gasteiger charge is -2.21. The van der Waals surface area contributed by atoms with Crippen LogP contribution in [-0.4, -0.2) is 0 Å². The summed E-state index contributed by atoms with van der Waals surface area (Å²) >= 11 is 0. The second kappa shape index (κ2) is 7.10. The Morgan fingerprint density at radius 3 is 2.00 bits per heavy atom. The summed E-state index contributed by atoms with van der Waals surface area (Å²) in [5, 5.41) is 3.68. The van der Waals surface area contributed by atoms with E-state index in [1.807, 2.05) is 0 Å². The van der Waals surface area contributed by atoms with Gasteiger partial charge in [-0.15, -0.1) is 0 Å². The Kier molecular flexibility index (Phi) is 5.17. The predicted molar refractivity (Wildman–Crippen MR) is 81.9 cm³/mol. The highest BCUT2D eigenvalue weighted by atomic mass is 14.9. The zero-order valence-electron chi connectivity index (χ0n) is 11.8. The van der Waals surface area contributed by atoms with Crippen molar-refractivity contribution >= 4 is 0 Å². The van der Waals surface area contributed by atoms with Crippen LogP contribution in [0.4, 0.5) is 0 Å². The molecule has 0 saturated carbocycles. The maximum absolute atomic E-state index is 3.68. The molecule has 2 aromatic carbocycles. The third-order valence-electron chi connectivity index (χ3n) is 3.30. The van der Waals surface area contributed by atoms with Crippen molar-refractivity contribution in [3.63, 3.8) is 0 Å². The molecule has 0 fully saturated rings. The van der Waals surface area contributed by atoms with Gasteiger partial charge in [-0.25, -0.2) is 0 Å². The molecule has 0 aliphatic heterocycles. The Labute approximate surface area is 116 Å². The summed E-state index contributed by atoms with van der Waals surface area (Å²) < 4.78 is 0. The van der Waals surface area contributed by atoms with Crippen molar-refractivity contribution in [2.45, 2.75) is 32.9 Å². The first-order valence-corrected chi connectivity index (χ1v) is 7.08. The molecule has 1 unspecified atom stereocenters. The third kappa shape index (κ3) is 4.53. The Hall–Kier alpha value is -1.60. The van der Waals surface area contributed by atoms with Crippen LogP contribution in [0.3, 0.4) is 0 Å². The van der Waals surface area contributed by atoms with Crippen molar-refractivity contribution in [2.75, 3.05) is 0 Å². The fourth-order valence-electron chi connectivity index (χ4n) is 2.33. The van der Waals surface area contributed by atoms with Crippen LogP contribution in [0.5, 0.6) is 0 Å². The van der Waals surface area contributed by atoms with Crippen molar-refractivity contribution in [1.82, 2.24) is 5.32 Å². The molecule has 1 atom stereocenters. The van der Waals surface area contributed by atoms with Crippen molar-refractivity contribution in [3.8, 4) is 0 Å². The number of rotatable bonds is 6. The van der Waals surface area contributed by atoms with Gasteiger partial charge in [0.25, 0.3) is 0 Å². The molecule has 2 rings (SSSR count). The molecule has 100 valence electrons. The van der Waals surface area contributed by atoms with Gasteiger partial charge in [0.05, 0.1) is 0 Å². The molecule has 0 amide bonds. The van der Waals surface area contributed by atoms with Gasteiger partial charge in [0, 0.05) is 12.6 Å². The summed E-state index contributed by atoms with van der Waals surface area (Å²) in [7, 11) is 0. The molecule has 19 heavy (non-hydrogen) atoms. The minimum absolute atomic E-state index is 0.432. The van der Waals surface area contributed by atoms with E-state index in [0.29, 0.717) is 12.0 Å². The van der Waals surface area contributed by atoms with Crippen LogP contribution < -0.4 is 5.32 Å². The van der Waals surface area contributed by atoms with Crippen LogP contribution in [0, 0.1) is 5.92 Å². The molecule has 0 heterocycles. The summed E-state index contributed by atoms with van der Waals surface area (Å²) in [6, 6.07) is 21.8. The van der Waals surface area contributed by atoms with Gasteiger partial charge in [-0.2, -0.15) is 0 Å². The molecular formula is C18H23N. The Morgan fingerprint density at radius 2 is 1.42 bits per heavy atom. The van der Waals surface area contributed by atoms with Gasteiger partial charge in [0.1, 0.15) is 0 Å². The largest absolute Gasteiger partial charge is 0.306 e. The number of benzene rings is 2. The molecule has 0 radical (unpaired) electrons. The van der Waals surface area contributed by atoms with Gasteiger partial charge in [-0.05, 0) is 23.5 Å². The van der Waals surface area contributed by atoms with Crippen LogP contribution in [0.2, 0.25) is 0 Å². The summed E-state index contributed by atoms with van der Waals surface area (Å²) in [6.45, 7) is 5.48. The molecule has 0 saturated heterocycles. The zero-order chi connectivity index (χ0) is 13.5. The molecule has 0 aliphatic rings. The van der Waals surface area contributed by atoms with Crippen LogP contribution in [-0.2, 0) is 6.54 Å². The van der Waals surface area contributed by atoms with Crippen LogP contribution in [0.25, 0.3) is 0 Å². The zero-order valence-corrected chi connectivity index (χ0v) is 11.8. The normalized spacial score (nSPS) is 12.6. The molecule has 2 aromatic rings. The second-order valence-electron chi connectivity index (χ2n) is 5.46. The van der Waals surface area contributed by atoms with Crippen LogP contribution >= 0.6 is 0 Å². The van der Waals surface area contributed by atoms with Crippen LogP contribution in [0.15, 0.2) is 60.7 Å². The fourth-order valence-corrected chi connectivity index (χ4v) is 2.33. The van der Waals surface area contributed by atoms with Crippen molar-refractivity contribution in [1.29, 1.82) is 0 Å². The SMILES string of the molecule is CC(C)CC(NCc1ccccc1)c1ccccc1. The van der Waals surface area contributed by atoms with Crippen LogP contribution in [0.1, 0.15) is 37.4 Å². The molecule has 1 N–H and O–H groups in total. The second-order valence-corrected chi connectivity index (χ2v) is 5.46. The summed E-state index contributed by atoms with van der Waals surface area (Å²) in [5.41, 5.74) is 2.72. The lowest BCUT2D eigenvalue weighted by atomic mass is 9.97. The molecule has 0 aliphatic carbocycles. The van der Waals surface area contributed by atoms with Gasteiger partial charge in [-0.3, -0.25) is 0 Å². The molecule has 0 spiro atoms. The number of hydrogen-bond donors (Lipinski definition) is 1. The minimum Gasteiger partial charge on any atom is -0.306 e. The lowest BCUT2D eigenvalue weighted by molar-refractivity contribution is 0.428. The average Bonchev–Trinajstić information content (AvgIpc) is 2.45. The van der Waals surface area contributed by atoms with Gasteiger partial charge in [-0.1, -0.05) is 74.5 Å². The fraction of sp³-hybridized carbons (Fsp3) is 0.333.